The van der Waals surface area contributed by atoms with Gasteiger partial charge in [-0.3, -0.25) is 9.59 Å². The van der Waals surface area contributed by atoms with Gasteiger partial charge in [0.15, 0.2) is 0 Å². The van der Waals surface area contributed by atoms with Crippen molar-refractivity contribution in [3.05, 3.63) is 83.4 Å². The Morgan fingerprint density at radius 2 is 1.29 bits per heavy atom. The first-order chi connectivity index (χ1) is 18.5. The highest BCUT2D eigenvalue weighted by atomic mass is 16.5. The van der Waals surface area contributed by atoms with E-state index in [1.54, 1.807) is 11.1 Å². The molecule has 0 bridgehead atoms. The Hall–Kier alpha value is -2.88. The zero-order valence-corrected chi connectivity index (χ0v) is 23.6. The number of carbonyl (C=O) groups excluding carboxylic acids is 2. The SMILES string of the molecule is C=CCC1Cc2ccccc2CC(CC)C1.CCOC(=O)CC1Cc2ccccc2CC(C(=O)OCC)C1. The van der Waals surface area contributed by atoms with Crippen molar-refractivity contribution in [1.29, 1.82) is 0 Å². The van der Waals surface area contributed by atoms with Gasteiger partial charge in [-0.15, -0.1) is 6.58 Å². The highest BCUT2D eigenvalue weighted by Crippen LogP contribution is 2.32. The van der Waals surface area contributed by atoms with E-state index in [1.807, 2.05) is 26.0 Å². The van der Waals surface area contributed by atoms with Gasteiger partial charge in [-0.2, -0.15) is 0 Å². The Morgan fingerprint density at radius 1 is 0.763 bits per heavy atom. The minimum atomic E-state index is -0.186. The topological polar surface area (TPSA) is 52.6 Å². The number of esters is 2. The van der Waals surface area contributed by atoms with Gasteiger partial charge >= 0.3 is 11.9 Å². The van der Waals surface area contributed by atoms with Crippen molar-refractivity contribution in [2.45, 2.75) is 78.6 Å². The van der Waals surface area contributed by atoms with Crippen molar-refractivity contribution in [2.24, 2.45) is 23.7 Å². The number of hydrogen-bond acceptors (Lipinski definition) is 4. The van der Waals surface area contributed by atoms with E-state index in [-0.39, 0.29) is 23.8 Å². The predicted octanol–water partition coefficient (Wildman–Crippen LogP) is 7.32. The quantitative estimate of drug-likeness (QED) is 0.209. The summed E-state index contributed by atoms with van der Waals surface area (Å²) in [6, 6.07) is 17.1. The fourth-order valence-electron chi connectivity index (χ4n) is 6.09. The molecule has 0 aliphatic heterocycles. The summed E-state index contributed by atoms with van der Waals surface area (Å²) in [6.45, 7) is 10.6. The average Bonchev–Trinajstić information content (AvgIpc) is 3.20. The van der Waals surface area contributed by atoms with Crippen LogP contribution >= 0.6 is 0 Å². The van der Waals surface area contributed by atoms with Crippen molar-refractivity contribution in [3.63, 3.8) is 0 Å². The zero-order chi connectivity index (χ0) is 27.3. The Balaban J connectivity index is 0.000000221. The van der Waals surface area contributed by atoms with Crippen molar-refractivity contribution in [2.75, 3.05) is 13.2 Å². The molecule has 2 aliphatic carbocycles. The molecule has 4 heteroatoms. The number of carbonyl (C=O) groups is 2. The molecule has 4 atom stereocenters. The minimum Gasteiger partial charge on any atom is -0.466 e. The standard InChI is InChI=1S/C18H24O4.C16H22/c1-3-21-17(19)11-13-9-14-7-5-6-8-15(14)12-16(10-13)18(20)22-4-2;1-3-7-14-10-13(4-2)11-15-8-5-6-9-16(15)12-14/h5-8,13,16H,3-4,9-12H2,1-2H3;3,5-6,8-9,13-14H,1,4,7,10-12H2,2H3. The van der Waals surface area contributed by atoms with Gasteiger partial charge in [0.1, 0.15) is 0 Å². The number of fused-ring (bicyclic) bond motifs is 2. The summed E-state index contributed by atoms with van der Waals surface area (Å²) in [5.41, 5.74) is 5.57. The lowest BCUT2D eigenvalue weighted by molar-refractivity contribution is -0.150. The molecule has 0 aromatic heterocycles. The summed E-state index contributed by atoms with van der Waals surface area (Å²) < 4.78 is 10.3. The molecule has 0 N–H and O–H groups in total. The third kappa shape index (κ3) is 8.85. The third-order valence-electron chi connectivity index (χ3n) is 7.97. The van der Waals surface area contributed by atoms with Crippen LogP contribution in [0.15, 0.2) is 61.2 Å². The van der Waals surface area contributed by atoms with Gasteiger partial charge in [0.05, 0.1) is 19.1 Å². The Kier molecular flexibility index (Phi) is 12.1. The van der Waals surface area contributed by atoms with Gasteiger partial charge in [0.2, 0.25) is 0 Å². The molecule has 206 valence electrons. The van der Waals surface area contributed by atoms with E-state index in [0.29, 0.717) is 32.5 Å². The average molecular weight is 519 g/mol. The largest absolute Gasteiger partial charge is 0.466 e. The fraction of sp³-hybridized carbons (Fsp3) is 0.529. The maximum absolute atomic E-state index is 12.2. The maximum Gasteiger partial charge on any atom is 0.309 e. The second-order valence-electron chi connectivity index (χ2n) is 10.8. The Bertz CT molecular complexity index is 1040. The summed E-state index contributed by atoms with van der Waals surface area (Å²) in [4.78, 5) is 24.0. The third-order valence-corrected chi connectivity index (χ3v) is 7.97. The van der Waals surface area contributed by atoms with Gasteiger partial charge in [-0.05, 0) is 98.8 Å². The predicted molar refractivity (Wildman–Crippen MR) is 154 cm³/mol. The monoisotopic (exact) mass is 518 g/mol. The number of ether oxygens (including phenoxy) is 2. The molecule has 0 amide bonds. The molecule has 0 saturated carbocycles. The molecule has 4 unspecified atom stereocenters. The minimum absolute atomic E-state index is 0.122. The highest BCUT2D eigenvalue weighted by molar-refractivity contribution is 5.74. The van der Waals surface area contributed by atoms with Crippen LogP contribution in [0.25, 0.3) is 0 Å². The van der Waals surface area contributed by atoms with Crippen LogP contribution in [0.3, 0.4) is 0 Å². The molecule has 0 spiro atoms. The van der Waals surface area contributed by atoms with Crippen molar-refractivity contribution < 1.29 is 19.1 Å². The van der Waals surface area contributed by atoms with E-state index in [4.69, 9.17) is 9.47 Å². The van der Waals surface area contributed by atoms with Crippen molar-refractivity contribution >= 4 is 11.9 Å². The molecule has 2 aliphatic rings. The zero-order valence-electron chi connectivity index (χ0n) is 23.6. The van der Waals surface area contributed by atoms with E-state index >= 15 is 0 Å². The second-order valence-corrected chi connectivity index (χ2v) is 10.8. The molecule has 38 heavy (non-hydrogen) atoms. The first-order valence-corrected chi connectivity index (χ1v) is 14.5. The van der Waals surface area contributed by atoms with E-state index in [0.717, 1.165) is 18.3 Å². The van der Waals surface area contributed by atoms with Crippen LogP contribution in [0.1, 0.15) is 75.1 Å². The maximum atomic E-state index is 12.2. The molecule has 0 saturated heterocycles. The summed E-state index contributed by atoms with van der Waals surface area (Å²) >= 11 is 0. The van der Waals surface area contributed by atoms with E-state index in [9.17, 15) is 9.59 Å². The van der Waals surface area contributed by atoms with Crippen LogP contribution in [0, 0.1) is 23.7 Å². The normalized spacial score (nSPS) is 22.3. The molecule has 4 nitrogen and oxygen atoms in total. The van der Waals surface area contributed by atoms with Gasteiger partial charge in [0.25, 0.3) is 0 Å². The molecule has 2 aromatic carbocycles. The Labute approximate surface area is 229 Å². The van der Waals surface area contributed by atoms with Gasteiger partial charge in [-0.25, -0.2) is 0 Å². The summed E-state index contributed by atoms with van der Waals surface area (Å²) in [5, 5.41) is 0. The van der Waals surface area contributed by atoms with E-state index in [1.165, 1.54) is 43.2 Å². The molecule has 4 rings (SSSR count). The van der Waals surface area contributed by atoms with E-state index in [2.05, 4.69) is 56.0 Å². The molecular formula is C34H46O4. The van der Waals surface area contributed by atoms with Gasteiger partial charge in [-0.1, -0.05) is 68.0 Å². The van der Waals surface area contributed by atoms with E-state index < -0.39 is 0 Å². The molecule has 2 aromatic rings. The van der Waals surface area contributed by atoms with Gasteiger partial charge in [0, 0.05) is 6.42 Å². The van der Waals surface area contributed by atoms with Crippen LogP contribution < -0.4 is 0 Å². The highest BCUT2D eigenvalue weighted by Gasteiger charge is 2.30. The number of hydrogen-bond donors (Lipinski definition) is 0. The first kappa shape index (κ1) is 29.7. The van der Waals surface area contributed by atoms with Crippen LogP contribution in [0.5, 0.6) is 0 Å². The number of rotatable bonds is 8. The van der Waals surface area contributed by atoms with Crippen molar-refractivity contribution in [3.8, 4) is 0 Å². The second kappa shape index (κ2) is 15.5. The molecule has 0 heterocycles. The van der Waals surface area contributed by atoms with Crippen LogP contribution in [-0.4, -0.2) is 25.2 Å². The smallest absolute Gasteiger partial charge is 0.309 e. The van der Waals surface area contributed by atoms with Crippen LogP contribution in [0.2, 0.25) is 0 Å². The van der Waals surface area contributed by atoms with Crippen molar-refractivity contribution in [1.82, 2.24) is 0 Å². The first-order valence-electron chi connectivity index (χ1n) is 14.5. The molecule has 0 fully saturated rings. The number of allylic oxidation sites excluding steroid dienone is 1. The van der Waals surface area contributed by atoms with Crippen LogP contribution in [0.4, 0.5) is 0 Å². The lowest BCUT2D eigenvalue weighted by Crippen LogP contribution is -2.23. The van der Waals surface area contributed by atoms with Gasteiger partial charge < -0.3 is 9.47 Å². The fourth-order valence-corrected chi connectivity index (χ4v) is 6.09. The molecule has 0 radical (unpaired) electrons. The summed E-state index contributed by atoms with van der Waals surface area (Å²) in [7, 11) is 0. The summed E-state index contributed by atoms with van der Waals surface area (Å²) in [6.07, 6.45) is 11.0. The lowest BCUT2D eigenvalue weighted by atomic mass is 9.88. The Morgan fingerprint density at radius 3 is 1.82 bits per heavy atom. The van der Waals surface area contributed by atoms with Crippen LogP contribution in [-0.2, 0) is 44.7 Å². The number of benzene rings is 2. The summed E-state index contributed by atoms with van der Waals surface area (Å²) in [5.74, 6) is 1.28. The lowest BCUT2D eigenvalue weighted by Gasteiger charge is -2.18. The molecular weight excluding hydrogens is 472 g/mol.